The van der Waals surface area contributed by atoms with Gasteiger partial charge in [-0.1, -0.05) is 0 Å². The zero-order chi connectivity index (χ0) is 14.5. The summed E-state index contributed by atoms with van der Waals surface area (Å²) in [5.41, 5.74) is 2.33. The second-order valence-corrected chi connectivity index (χ2v) is 5.25. The Labute approximate surface area is 119 Å². The number of carbonyl (C=O) groups is 1. The van der Waals surface area contributed by atoms with E-state index in [1.807, 2.05) is 20.9 Å². The molecule has 0 bridgehead atoms. The Morgan fingerprint density at radius 2 is 2.15 bits per heavy atom. The molecule has 112 valence electrons. The van der Waals surface area contributed by atoms with Crippen molar-refractivity contribution >= 4 is 5.91 Å². The largest absolute Gasteiger partial charge is 0.376 e. The number of piperidine rings is 1. The molecule has 0 saturated carbocycles. The molecule has 2 N–H and O–H groups in total. The van der Waals surface area contributed by atoms with Gasteiger partial charge in [0.2, 0.25) is 0 Å². The van der Waals surface area contributed by atoms with Gasteiger partial charge in [0.25, 0.3) is 5.91 Å². The Morgan fingerprint density at radius 1 is 1.45 bits per heavy atom. The fourth-order valence-electron chi connectivity index (χ4n) is 2.54. The molecule has 1 fully saturated rings. The zero-order valence-corrected chi connectivity index (χ0v) is 12.5. The van der Waals surface area contributed by atoms with Gasteiger partial charge in [-0.05, 0) is 39.8 Å². The maximum Gasteiger partial charge on any atom is 0.255 e. The molecule has 0 spiro atoms. The van der Waals surface area contributed by atoms with Crippen molar-refractivity contribution in [2.24, 2.45) is 7.05 Å². The van der Waals surface area contributed by atoms with Gasteiger partial charge in [-0.3, -0.25) is 9.48 Å². The van der Waals surface area contributed by atoms with Crippen molar-refractivity contribution in [2.75, 3.05) is 26.2 Å². The number of hydrogen-bond acceptors (Lipinski definition) is 4. The van der Waals surface area contributed by atoms with E-state index in [1.54, 1.807) is 4.68 Å². The molecule has 0 aliphatic carbocycles. The van der Waals surface area contributed by atoms with Crippen molar-refractivity contribution in [2.45, 2.75) is 32.8 Å². The second-order valence-electron chi connectivity index (χ2n) is 5.25. The molecule has 1 aromatic heterocycles. The molecule has 0 unspecified atom stereocenters. The highest BCUT2D eigenvalue weighted by atomic mass is 16.5. The molecule has 1 saturated heterocycles. The van der Waals surface area contributed by atoms with Crippen LogP contribution in [0.15, 0.2) is 0 Å². The van der Waals surface area contributed by atoms with Gasteiger partial charge < -0.3 is 15.4 Å². The Bertz CT molecular complexity index is 464. The number of nitrogens with one attached hydrogen (secondary N) is 2. The number of ether oxygens (including phenoxy) is 1. The molecule has 2 rings (SSSR count). The van der Waals surface area contributed by atoms with Gasteiger partial charge in [-0.25, -0.2) is 0 Å². The number of carbonyl (C=O) groups excluding carboxylic acids is 1. The molecule has 1 amide bonds. The lowest BCUT2D eigenvalue weighted by Gasteiger charge is -2.22. The Kier molecular flexibility index (Phi) is 5.14. The van der Waals surface area contributed by atoms with E-state index in [1.165, 1.54) is 0 Å². The van der Waals surface area contributed by atoms with Crippen LogP contribution in [-0.2, 0) is 11.8 Å². The number of aromatic nitrogens is 2. The molecule has 0 atom stereocenters. The van der Waals surface area contributed by atoms with Crippen LogP contribution in [0.25, 0.3) is 0 Å². The van der Waals surface area contributed by atoms with Gasteiger partial charge >= 0.3 is 0 Å². The number of hydrogen-bond donors (Lipinski definition) is 2. The Balaban J connectivity index is 1.74. The number of rotatable bonds is 5. The first-order chi connectivity index (χ1) is 9.59. The highest BCUT2D eigenvalue weighted by Gasteiger charge is 2.17. The van der Waals surface area contributed by atoms with Gasteiger partial charge in [0, 0.05) is 19.3 Å². The van der Waals surface area contributed by atoms with Gasteiger partial charge in [0.15, 0.2) is 0 Å². The minimum absolute atomic E-state index is 0.0676. The van der Waals surface area contributed by atoms with Gasteiger partial charge in [-0.2, -0.15) is 5.10 Å². The predicted octanol–water partition coefficient (Wildman–Crippen LogP) is 0.535. The first kappa shape index (κ1) is 15.0. The fourth-order valence-corrected chi connectivity index (χ4v) is 2.54. The van der Waals surface area contributed by atoms with Crippen LogP contribution in [0.4, 0.5) is 0 Å². The van der Waals surface area contributed by atoms with Crippen LogP contribution in [0.1, 0.15) is 34.6 Å². The summed E-state index contributed by atoms with van der Waals surface area (Å²) < 4.78 is 7.49. The third-order valence-electron chi connectivity index (χ3n) is 3.76. The van der Waals surface area contributed by atoms with E-state index in [9.17, 15) is 4.79 Å². The highest BCUT2D eigenvalue weighted by Crippen LogP contribution is 2.11. The molecular formula is C14H24N4O2. The Morgan fingerprint density at radius 3 is 2.75 bits per heavy atom. The minimum atomic E-state index is -0.0676. The molecule has 0 aromatic carbocycles. The molecule has 0 radical (unpaired) electrons. The number of nitrogens with zero attached hydrogens (tertiary/aromatic N) is 2. The van der Waals surface area contributed by atoms with Gasteiger partial charge in [0.1, 0.15) is 0 Å². The summed E-state index contributed by atoms with van der Waals surface area (Å²) in [6.07, 6.45) is 2.43. The van der Waals surface area contributed by atoms with E-state index in [4.69, 9.17) is 4.74 Å². The molecule has 2 heterocycles. The monoisotopic (exact) mass is 280 g/mol. The van der Waals surface area contributed by atoms with Crippen LogP contribution in [-0.4, -0.2) is 48.0 Å². The third-order valence-corrected chi connectivity index (χ3v) is 3.76. The lowest BCUT2D eigenvalue weighted by atomic mass is 10.1. The topological polar surface area (TPSA) is 68.2 Å². The summed E-state index contributed by atoms with van der Waals surface area (Å²) in [4.78, 5) is 12.1. The van der Waals surface area contributed by atoms with E-state index >= 15 is 0 Å². The van der Waals surface area contributed by atoms with Gasteiger partial charge in [-0.15, -0.1) is 0 Å². The third kappa shape index (κ3) is 3.58. The highest BCUT2D eigenvalue weighted by molar-refractivity contribution is 5.96. The van der Waals surface area contributed by atoms with E-state index < -0.39 is 0 Å². The molecule has 6 nitrogen and oxygen atoms in total. The number of aryl methyl sites for hydroxylation is 2. The summed E-state index contributed by atoms with van der Waals surface area (Å²) in [5, 5.41) is 10.5. The maximum atomic E-state index is 12.1. The quantitative estimate of drug-likeness (QED) is 0.772. The van der Waals surface area contributed by atoms with Crippen LogP contribution >= 0.6 is 0 Å². The van der Waals surface area contributed by atoms with E-state index in [0.717, 1.165) is 37.3 Å². The maximum absolute atomic E-state index is 12.1. The lowest BCUT2D eigenvalue weighted by molar-refractivity contribution is 0.0343. The standard InChI is InChI=1S/C14H24N4O2/c1-10-13(11(2)18(3)17-10)14(19)16-8-9-20-12-4-6-15-7-5-12/h12,15H,4-9H2,1-3H3,(H,16,19). The predicted molar refractivity (Wildman–Crippen MR) is 76.9 cm³/mol. The zero-order valence-electron chi connectivity index (χ0n) is 12.5. The van der Waals surface area contributed by atoms with Crippen LogP contribution < -0.4 is 10.6 Å². The fraction of sp³-hybridized carbons (Fsp3) is 0.714. The van der Waals surface area contributed by atoms with Crippen LogP contribution in [0.5, 0.6) is 0 Å². The molecule has 1 aliphatic rings. The average Bonchev–Trinajstić information content (AvgIpc) is 2.69. The first-order valence-corrected chi connectivity index (χ1v) is 7.20. The van der Waals surface area contributed by atoms with E-state index in [0.29, 0.717) is 24.8 Å². The molecule has 1 aliphatic heterocycles. The normalized spacial score (nSPS) is 16.4. The second kappa shape index (κ2) is 6.85. The molecule has 1 aromatic rings. The average molecular weight is 280 g/mol. The van der Waals surface area contributed by atoms with Crippen molar-refractivity contribution in [1.82, 2.24) is 20.4 Å². The summed E-state index contributed by atoms with van der Waals surface area (Å²) in [7, 11) is 1.85. The van der Waals surface area contributed by atoms with Crippen LogP contribution in [0.2, 0.25) is 0 Å². The molecular weight excluding hydrogens is 256 g/mol. The van der Waals surface area contributed by atoms with Crippen molar-refractivity contribution < 1.29 is 9.53 Å². The Hall–Kier alpha value is -1.40. The van der Waals surface area contributed by atoms with Crippen LogP contribution in [0, 0.1) is 13.8 Å². The lowest BCUT2D eigenvalue weighted by Crippen LogP contribution is -2.35. The SMILES string of the molecule is Cc1nn(C)c(C)c1C(=O)NCCOC1CCNCC1. The summed E-state index contributed by atoms with van der Waals surface area (Å²) >= 11 is 0. The summed E-state index contributed by atoms with van der Waals surface area (Å²) in [6, 6.07) is 0. The van der Waals surface area contributed by atoms with E-state index in [2.05, 4.69) is 15.7 Å². The number of amides is 1. The van der Waals surface area contributed by atoms with Crippen LogP contribution in [0.3, 0.4) is 0 Å². The smallest absolute Gasteiger partial charge is 0.255 e. The molecule has 20 heavy (non-hydrogen) atoms. The van der Waals surface area contributed by atoms with E-state index in [-0.39, 0.29) is 5.91 Å². The first-order valence-electron chi connectivity index (χ1n) is 7.20. The van der Waals surface area contributed by atoms with Crippen molar-refractivity contribution in [3.8, 4) is 0 Å². The van der Waals surface area contributed by atoms with Gasteiger partial charge in [0.05, 0.1) is 24.0 Å². The molecule has 6 heteroatoms. The summed E-state index contributed by atoms with van der Waals surface area (Å²) in [5.74, 6) is -0.0676. The summed E-state index contributed by atoms with van der Waals surface area (Å²) in [6.45, 7) is 6.90. The van der Waals surface area contributed by atoms with Crippen molar-refractivity contribution in [3.63, 3.8) is 0 Å². The van der Waals surface area contributed by atoms with Crippen molar-refractivity contribution in [3.05, 3.63) is 17.0 Å². The van der Waals surface area contributed by atoms with Crippen molar-refractivity contribution in [1.29, 1.82) is 0 Å². The minimum Gasteiger partial charge on any atom is -0.376 e.